The van der Waals surface area contributed by atoms with Gasteiger partial charge >= 0.3 is 0 Å². The lowest BCUT2D eigenvalue weighted by Gasteiger charge is -2.11. The van der Waals surface area contributed by atoms with Gasteiger partial charge in [-0.3, -0.25) is 4.99 Å². The first-order chi connectivity index (χ1) is 13.2. The number of aliphatic imine (C=N–C) groups is 1. The number of hydrogen-bond acceptors (Lipinski definition) is 4. The molecule has 4 rings (SSSR count). The van der Waals surface area contributed by atoms with Gasteiger partial charge in [0, 0.05) is 17.5 Å². The monoisotopic (exact) mass is 364 g/mol. The smallest absolute Gasteiger partial charge is 0.169 e. The van der Waals surface area contributed by atoms with Crippen LogP contribution in [0.15, 0.2) is 58.0 Å². The van der Waals surface area contributed by atoms with Crippen molar-refractivity contribution in [1.82, 2.24) is 5.16 Å². The molecule has 1 aliphatic heterocycles. The van der Waals surface area contributed by atoms with E-state index >= 15 is 0 Å². The Morgan fingerprint density at radius 1 is 1.07 bits per heavy atom. The Morgan fingerprint density at radius 2 is 1.74 bits per heavy atom. The van der Waals surface area contributed by atoms with Gasteiger partial charge in [0.15, 0.2) is 5.76 Å². The van der Waals surface area contributed by atoms with Crippen molar-refractivity contribution in [3.05, 3.63) is 76.9 Å². The van der Waals surface area contributed by atoms with E-state index in [1.807, 2.05) is 45.0 Å². The zero-order valence-electron chi connectivity index (χ0n) is 15.6. The lowest BCUT2D eigenvalue weighted by atomic mass is 9.93. The molecule has 0 aliphatic carbocycles. The van der Waals surface area contributed by atoms with Gasteiger partial charge in [0.2, 0.25) is 0 Å². The third-order valence-corrected chi connectivity index (χ3v) is 4.37. The van der Waals surface area contributed by atoms with Gasteiger partial charge in [-0.15, -0.1) is 0 Å². The Balaban J connectivity index is 0.00000102. The lowest BCUT2D eigenvalue weighted by molar-refractivity contribution is -0.108. The molecule has 0 saturated carbocycles. The van der Waals surface area contributed by atoms with Crippen LogP contribution in [0.4, 0.5) is 4.39 Å². The number of carbonyl (C=O) groups is 1. The lowest BCUT2D eigenvalue weighted by Crippen LogP contribution is -2.06. The third kappa shape index (κ3) is 3.45. The largest absolute Gasteiger partial charge is 0.358 e. The molecule has 0 bridgehead atoms. The summed E-state index contributed by atoms with van der Waals surface area (Å²) in [5.74, 6) is 0.289. The first kappa shape index (κ1) is 18.7. The number of carbonyl (C=O) groups excluding carboxylic acids is 1. The van der Waals surface area contributed by atoms with Crippen molar-refractivity contribution in [2.75, 3.05) is 0 Å². The number of fused-ring (bicyclic) bond motifs is 3. The number of aryl methyl sites for hydroxylation is 1. The fraction of sp³-hybridized carbons (Fsp3) is 0.227. The van der Waals surface area contributed by atoms with Gasteiger partial charge in [0.1, 0.15) is 18.1 Å². The van der Waals surface area contributed by atoms with Crippen LogP contribution >= 0.6 is 0 Å². The van der Waals surface area contributed by atoms with Crippen molar-refractivity contribution in [3.63, 3.8) is 0 Å². The summed E-state index contributed by atoms with van der Waals surface area (Å²) in [4.78, 5) is 16.0. The van der Waals surface area contributed by atoms with E-state index in [1.165, 1.54) is 12.1 Å². The molecule has 138 valence electrons. The number of benzene rings is 2. The van der Waals surface area contributed by atoms with Gasteiger partial charge in [-0.2, -0.15) is 0 Å². The minimum absolute atomic E-state index is 0.195. The summed E-state index contributed by atoms with van der Waals surface area (Å²) in [6, 6.07) is 13.6. The minimum atomic E-state index is -0.457. The summed E-state index contributed by atoms with van der Waals surface area (Å²) >= 11 is 0. The maximum absolute atomic E-state index is 13.3. The molecule has 1 aliphatic rings. The van der Waals surface area contributed by atoms with Crippen LogP contribution in [0.2, 0.25) is 0 Å². The second-order valence-corrected chi connectivity index (χ2v) is 5.96. The second-order valence-electron chi connectivity index (χ2n) is 5.96. The first-order valence-corrected chi connectivity index (χ1v) is 9.02. The van der Waals surface area contributed by atoms with Gasteiger partial charge in [-0.1, -0.05) is 43.3 Å². The van der Waals surface area contributed by atoms with E-state index in [0.717, 1.165) is 34.2 Å². The molecule has 1 aromatic heterocycles. The number of rotatable bonds is 3. The van der Waals surface area contributed by atoms with Gasteiger partial charge in [-0.25, -0.2) is 4.39 Å². The van der Waals surface area contributed by atoms with Crippen LogP contribution in [0.25, 0.3) is 11.1 Å². The average molecular weight is 364 g/mol. The van der Waals surface area contributed by atoms with E-state index in [1.54, 1.807) is 12.1 Å². The van der Waals surface area contributed by atoms with Crippen LogP contribution in [-0.4, -0.2) is 17.2 Å². The van der Waals surface area contributed by atoms with Crippen molar-refractivity contribution in [2.24, 2.45) is 4.99 Å². The van der Waals surface area contributed by atoms with Gasteiger partial charge < -0.3 is 9.32 Å². The maximum Gasteiger partial charge on any atom is 0.169 e. The molecule has 2 heterocycles. The van der Waals surface area contributed by atoms with E-state index in [4.69, 9.17) is 9.52 Å². The predicted octanol–water partition coefficient (Wildman–Crippen LogP) is 5.30. The summed E-state index contributed by atoms with van der Waals surface area (Å²) in [5.41, 5.74) is 5.01. The van der Waals surface area contributed by atoms with E-state index in [9.17, 15) is 9.18 Å². The van der Waals surface area contributed by atoms with E-state index in [-0.39, 0.29) is 12.2 Å². The highest BCUT2D eigenvalue weighted by atomic mass is 19.1. The molecule has 4 nitrogen and oxygen atoms in total. The number of nitrogens with zero attached hydrogens (tertiary/aromatic N) is 2. The fourth-order valence-corrected chi connectivity index (χ4v) is 3.22. The molecule has 0 N–H and O–H groups in total. The standard InChI is InChI=1S/C20H15FN2O2.C2H6/c1-12-18-15-4-2-3-5-16(15)19(13-6-8-14(21)9-7-13)22-17(10-11-24)20(18)25-23-12;1-2/h2-9,11,17H,10H2,1H3;1-2H3/t17-;/m0./s1. The van der Waals surface area contributed by atoms with Crippen LogP contribution in [-0.2, 0) is 4.79 Å². The zero-order chi connectivity index (χ0) is 19.4. The molecule has 0 spiro atoms. The number of hydrogen-bond donors (Lipinski definition) is 0. The molecule has 1 atom stereocenters. The zero-order valence-corrected chi connectivity index (χ0v) is 15.6. The fourth-order valence-electron chi connectivity index (χ4n) is 3.22. The highest BCUT2D eigenvalue weighted by molar-refractivity contribution is 6.17. The highest BCUT2D eigenvalue weighted by Gasteiger charge is 2.29. The molecule has 0 radical (unpaired) electrons. The third-order valence-electron chi connectivity index (χ3n) is 4.37. The highest BCUT2D eigenvalue weighted by Crippen LogP contribution is 2.40. The molecule has 0 saturated heterocycles. The summed E-state index contributed by atoms with van der Waals surface area (Å²) in [5, 5.41) is 4.07. The van der Waals surface area contributed by atoms with Crippen LogP contribution in [0.5, 0.6) is 0 Å². The minimum Gasteiger partial charge on any atom is -0.358 e. The van der Waals surface area contributed by atoms with Crippen molar-refractivity contribution in [3.8, 4) is 11.1 Å². The molecule has 0 fully saturated rings. The molecule has 0 unspecified atom stereocenters. The first-order valence-electron chi connectivity index (χ1n) is 9.02. The summed E-state index contributed by atoms with van der Waals surface area (Å²) in [7, 11) is 0. The quantitative estimate of drug-likeness (QED) is 0.593. The Bertz CT molecular complexity index is 974. The normalized spacial score (nSPS) is 14.8. The van der Waals surface area contributed by atoms with E-state index in [2.05, 4.69) is 5.16 Å². The average Bonchev–Trinajstić information content (AvgIpc) is 3.02. The molecule has 2 aromatic carbocycles. The van der Waals surface area contributed by atoms with E-state index in [0.29, 0.717) is 11.5 Å². The van der Waals surface area contributed by atoms with Crippen molar-refractivity contribution in [2.45, 2.75) is 33.2 Å². The van der Waals surface area contributed by atoms with Crippen molar-refractivity contribution in [1.29, 1.82) is 0 Å². The summed E-state index contributed by atoms with van der Waals surface area (Å²) in [6.45, 7) is 5.87. The Labute approximate surface area is 157 Å². The van der Waals surface area contributed by atoms with Crippen LogP contribution in [0.1, 0.15) is 48.9 Å². The van der Waals surface area contributed by atoms with Gasteiger partial charge in [0.25, 0.3) is 0 Å². The van der Waals surface area contributed by atoms with Crippen LogP contribution < -0.4 is 0 Å². The SMILES string of the molecule is CC.Cc1noc2c1-c1ccccc1C(c1ccc(F)cc1)=N[C@H]2CC=O. The van der Waals surface area contributed by atoms with Crippen LogP contribution in [0, 0.1) is 12.7 Å². The Hall–Kier alpha value is -3.08. The molecule has 0 amide bonds. The number of halogens is 1. The molecule has 5 heteroatoms. The topological polar surface area (TPSA) is 55.5 Å². The molecular formula is C22H21FN2O2. The second kappa shape index (κ2) is 8.08. The van der Waals surface area contributed by atoms with Crippen molar-refractivity contribution < 1.29 is 13.7 Å². The van der Waals surface area contributed by atoms with Crippen molar-refractivity contribution >= 4 is 12.0 Å². The van der Waals surface area contributed by atoms with E-state index < -0.39 is 6.04 Å². The maximum atomic E-state index is 13.3. The number of aromatic nitrogens is 1. The predicted molar refractivity (Wildman–Crippen MR) is 103 cm³/mol. The Morgan fingerprint density at radius 3 is 2.41 bits per heavy atom. The number of aldehydes is 1. The van der Waals surface area contributed by atoms with Gasteiger partial charge in [0.05, 0.1) is 17.0 Å². The Kier molecular flexibility index (Phi) is 5.60. The molecule has 3 aromatic rings. The molecular weight excluding hydrogens is 343 g/mol. The summed E-state index contributed by atoms with van der Waals surface area (Å²) < 4.78 is 18.9. The molecule has 27 heavy (non-hydrogen) atoms. The van der Waals surface area contributed by atoms with Crippen LogP contribution in [0.3, 0.4) is 0 Å². The van der Waals surface area contributed by atoms with Gasteiger partial charge in [-0.05, 0) is 36.8 Å². The summed E-state index contributed by atoms with van der Waals surface area (Å²) in [6.07, 6.45) is 1.02.